The number of hydrogen-bond donors (Lipinski definition) is 5. The first-order chi connectivity index (χ1) is 17.8. The lowest BCUT2D eigenvalue weighted by Crippen LogP contribution is -2.56. The molecule has 5 rings (SSSR count). The predicted octanol–water partition coefficient (Wildman–Crippen LogP) is -1.95. The molecule has 200 valence electrons. The van der Waals surface area contributed by atoms with Crippen LogP contribution in [0, 0.1) is 5.92 Å². The topological polar surface area (TPSA) is 207 Å². The third kappa shape index (κ3) is 4.76. The second-order valence-electron chi connectivity index (χ2n) is 9.42. The third-order valence-electron chi connectivity index (χ3n) is 6.96. The highest BCUT2D eigenvalue weighted by molar-refractivity contribution is 5.88. The Kier molecular flexibility index (Phi) is 6.83. The summed E-state index contributed by atoms with van der Waals surface area (Å²) in [6, 6.07) is 0. The first-order valence-electron chi connectivity index (χ1n) is 12.3. The number of anilines is 1. The number of aliphatic hydroxyl groups excluding tert-OH is 2. The van der Waals surface area contributed by atoms with Gasteiger partial charge in [-0.15, -0.1) is 0 Å². The molecule has 2 aromatic heterocycles. The fraction of sp³-hybridized carbons (Fsp3) is 0.636. The van der Waals surface area contributed by atoms with Gasteiger partial charge in [0.25, 0.3) is 11.8 Å². The van der Waals surface area contributed by atoms with Gasteiger partial charge in [0.15, 0.2) is 29.9 Å². The Morgan fingerprint density at radius 1 is 1.27 bits per heavy atom. The zero-order valence-electron chi connectivity index (χ0n) is 20.2. The maximum atomic E-state index is 12.3. The van der Waals surface area contributed by atoms with E-state index in [1.165, 1.54) is 10.9 Å². The van der Waals surface area contributed by atoms with Crippen LogP contribution in [0.5, 0.6) is 0 Å². The molecule has 0 bridgehead atoms. The zero-order chi connectivity index (χ0) is 26.3. The molecule has 3 amide bonds. The van der Waals surface area contributed by atoms with Crippen LogP contribution in [0.2, 0.25) is 0 Å². The number of nitrogens with one attached hydrogen (secondary N) is 2. The van der Waals surface area contributed by atoms with Crippen molar-refractivity contribution in [2.45, 2.75) is 56.8 Å². The molecule has 0 radical (unpaired) electrons. The minimum absolute atomic E-state index is 0.159. The van der Waals surface area contributed by atoms with Crippen molar-refractivity contribution in [3.8, 4) is 0 Å². The van der Waals surface area contributed by atoms with E-state index in [9.17, 15) is 24.6 Å². The number of piperidine rings is 1. The van der Waals surface area contributed by atoms with E-state index in [1.807, 2.05) is 0 Å². The first kappa shape index (κ1) is 25.1. The minimum atomic E-state index is -1.43. The summed E-state index contributed by atoms with van der Waals surface area (Å²) in [7, 11) is 0. The molecule has 5 heterocycles. The van der Waals surface area contributed by atoms with E-state index in [0.29, 0.717) is 62.4 Å². The second-order valence-corrected chi connectivity index (χ2v) is 9.42. The highest BCUT2D eigenvalue weighted by atomic mass is 16.6. The summed E-state index contributed by atoms with van der Waals surface area (Å²) < 4.78 is 12.4. The number of likely N-dealkylation sites (tertiary alicyclic amines) is 1. The van der Waals surface area contributed by atoms with E-state index in [4.69, 9.17) is 15.2 Å². The number of aromatic nitrogens is 4. The number of β-lactam (4-membered cyclic amide) rings is 1. The summed E-state index contributed by atoms with van der Waals surface area (Å²) >= 11 is 0. The van der Waals surface area contributed by atoms with Gasteiger partial charge in [0, 0.05) is 26.1 Å². The summed E-state index contributed by atoms with van der Waals surface area (Å²) in [4.78, 5) is 50.7. The van der Waals surface area contributed by atoms with Crippen LogP contribution in [0.1, 0.15) is 31.8 Å². The zero-order valence-corrected chi connectivity index (χ0v) is 20.2. The minimum Gasteiger partial charge on any atom is -0.434 e. The SMILES string of the molecule is CCNC(=O)[C@H]1O[C@@H](n2cnc3c(N)nc(CC4CCN(C(=O)OC5CNC5=O)CC4)nc32)C(O)C1O. The molecule has 0 aromatic carbocycles. The molecular weight excluding hydrogens is 488 g/mol. The first-order valence-corrected chi connectivity index (χ1v) is 12.3. The molecule has 15 heteroatoms. The standard InChI is InChI=1S/C22H30N8O7/c1-2-24-20(34)16-14(31)15(32)21(37-16)30-9-26-13-17(23)27-12(28-18(13)30)7-10-3-5-29(6-4-10)22(35)36-11-8-25-19(11)33/h9-11,14-16,21,31-32H,2-8H2,1H3,(H,24,34)(H,25,33)(H2,23,27,28)/t11?,14?,15?,16-,21+/m0/s1. The molecular formula is C22H30N8O7. The van der Waals surface area contributed by atoms with Crippen molar-refractivity contribution < 1.29 is 34.1 Å². The summed E-state index contributed by atoms with van der Waals surface area (Å²) in [6.45, 7) is 3.39. The average Bonchev–Trinajstić information content (AvgIpc) is 3.43. The number of nitrogens with two attached hydrogens (primary N) is 1. The van der Waals surface area contributed by atoms with Gasteiger partial charge in [0.05, 0.1) is 12.9 Å². The smallest absolute Gasteiger partial charge is 0.410 e. The van der Waals surface area contributed by atoms with Crippen LogP contribution in [0.15, 0.2) is 6.33 Å². The predicted molar refractivity (Wildman–Crippen MR) is 126 cm³/mol. The van der Waals surface area contributed by atoms with E-state index in [1.54, 1.807) is 11.8 Å². The molecule has 3 saturated heterocycles. The summed E-state index contributed by atoms with van der Waals surface area (Å²) in [5.74, 6) is -0.0000240. The molecule has 6 N–H and O–H groups in total. The van der Waals surface area contributed by atoms with Gasteiger partial charge in [0.1, 0.15) is 23.5 Å². The van der Waals surface area contributed by atoms with E-state index in [-0.39, 0.29) is 17.6 Å². The largest absolute Gasteiger partial charge is 0.434 e. The molecule has 3 unspecified atom stereocenters. The molecule has 3 fully saturated rings. The Morgan fingerprint density at radius 2 is 2.03 bits per heavy atom. The van der Waals surface area contributed by atoms with Gasteiger partial charge in [-0.2, -0.15) is 0 Å². The van der Waals surface area contributed by atoms with E-state index in [2.05, 4.69) is 25.6 Å². The molecule has 5 atom stereocenters. The van der Waals surface area contributed by atoms with Crippen LogP contribution in [-0.4, -0.2) is 103 Å². The van der Waals surface area contributed by atoms with Gasteiger partial charge in [-0.05, 0) is 25.7 Å². The van der Waals surface area contributed by atoms with Crippen LogP contribution >= 0.6 is 0 Å². The number of hydrogen-bond acceptors (Lipinski definition) is 11. The number of ether oxygens (including phenoxy) is 2. The fourth-order valence-corrected chi connectivity index (χ4v) is 4.78. The van der Waals surface area contributed by atoms with Crippen molar-refractivity contribution in [2.75, 3.05) is 31.9 Å². The monoisotopic (exact) mass is 518 g/mol. The van der Waals surface area contributed by atoms with Crippen molar-refractivity contribution >= 4 is 34.9 Å². The molecule has 0 spiro atoms. The number of likely N-dealkylation sites (N-methyl/N-ethyl adjacent to an activating group) is 1. The van der Waals surface area contributed by atoms with Gasteiger partial charge in [-0.1, -0.05) is 0 Å². The number of nitrogen functional groups attached to an aromatic ring is 1. The van der Waals surface area contributed by atoms with Crippen molar-refractivity contribution in [3.63, 3.8) is 0 Å². The van der Waals surface area contributed by atoms with Crippen molar-refractivity contribution in [1.82, 2.24) is 35.1 Å². The Balaban J connectivity index is 1.26. The summed E-state index contributed by atoms with van der Waals surface area (Å²) in [5.41, 5.74) is 6.77. The highest BCUT2D eigenvalue weighted by Gasteiger charge is 2.47. The Morgan fingerprint density at radius 3 is 2.68 bits per heavy atom. The molecule has 0 saturated carbocycles. The lowest BCUT2D eigenvalue weighted by molar-refractivity contribution is -0.138. The second kappa shape index (κ2) is 10.1. The van der Waals surface area contributed by atoms with Crippen molar-refractivity contribution in [3.05, 3.63) is 12.2 Å². The lowest BCUT2D eigenvalue weighted by Gasteiger charge is -2.33. The number of carbonyl (C=O) groups excluding carboxylic acids is 3. The number of aliphatic hydroxyl groups is 2. The Labute approximate surface area is 211 Å². The van der Waals surface area contributed by atoms with Crippen molar-refractivity contribution in [1.29, 1.82) is 0 Å². The number of imidazole rings is 1. The van der Waals surface area contributed by atoms with Gasteiger partial charge in [0.2, 0.25) is 0 Å². The highest BCUT2D eigenvalue weighted by Crippen LogP contribution is 2.32. The number of rotatable bonds is 6. The van der Waals surface area contributed by atoms with Crippen LogP contribution in [0.25, 0.3) is 11.2 Å². The average molecular weight is 519 g/mol. The fourth-order valence-electron chi connectivity index (χ4n) is 4.78. The number of nitrogens with zero attached hydrogens (tertiary/aromatic N) is 5. The maximum Gasteiger partial charge on any atom is 0.410 e. The number of fused-ring (bicyclic) bond motifs is 1. The number of amides is 3. The maximum absolute atomic E-state index is 12.3. The van der Waals surface area contributed by atoms with E-state index >= 15 is 0 Å². The van der Waals surface area contributed by atoms with Crippen molar-refractivity contribution in [2.24, 2.45) is 5.92 Å². The van der Waals surface area contributed by atoms with Gasteiger partial charge in [-0.3, -0.25) is 14.2 Å². The Hall–Kier alpha value is -3.56. The molecule has 3 aliphatic heterocycles. The van der Waals surface area contributed by atoms with Crippen LogP contribution < -0.4 is 16.4 Å². The van der Waals surface area contributed by atoms with E-state index in [0.717, 1.165) is 0 Å². The molecule has 37 heavy (non-hydrogen) atoms. The third-order valence-corrected chi connectivity index (χ3v) is 6.96. The van der Waals surface area contributed by atoms with Crippen LogP contribution in [-0.2, 0) is 25.5 Å². The molecule has 0 aliphatic carbocycles. The molecule has 2 aromatic rings. The number of carbonyl (C=O) groups is 3. The van der Waals surface area contributed by atoms with Gasteiger partial charge < -0.3 is 41.0 Å². The quantitative estimate of drug-likeness (QED) is 0.266. The van der Waals surface area contributed by atoms with E-state index < -0.39 is 42.6 Å². The lowest BCUT2D eigenvalue weighted by atomic mass is 9.93. The Bertz CT molecular complexity index is 1200. The van der Waals surface area contributed by atoms with Gasteiger partial charge in [-0.25, -0.2) is 19.7 Å². The summed E-state index contributed by atoms with van der Waals surface area (Å²) in [6.07, 6.45) is -3.10. The van der Waals surface area contributed by atoms with Gasteiger partial charge >= 0.3 is 6.09 Å². The molecule has 3 aliphatic rings. The van der Waals surface area contributed by atoms with Crippen LogP contribution in [0.3, 0.4) is 0 Å². The molecule has 15 nitrogen and oxygen atoms in total. The van der Waals surface area contributed by atoms with Crippen LogP contribution in [0.4, 0.5) is 10.6 Å². The normalized spacial score (nSPS) is 28.1. The summed E-state index contributed by atoms with van der Waals surface area (Å²) in [5, 5.41) is 26.1.